The SMILES string of the molecule is COc1cccc(CC(=O)NCC2NCCCC2C)c1. The molecule has 4 nitrogen and oxygen atoms in total. The highest BCUT2D eigenvalue weighted by molar-refractivity contribution is 5.78. The second kappa shape index (κ2) is 7.29. The van der Waals surface area contributed by atoms with Gasteiger partial charge in [0, 0.05) is 12.6 Å². The normalized spacial score (nSPS) is 22.3. The number of piperidine rings is 1. The third kappa shape index (κ3) is 4.23. The molecule has 1 aromatic rings. The molecule has 4 heteroatoms. The number of hydrogen-bond acceptors (Lipinski definition) is 3. The van der Waals surface area contributed by atoms with E-state index in [9.17, 15) is 4.79 Å². The first kappa shape index (κ1) is 14.9. The minimum atomic E-state index is 0.0674. The van der Waals surface area contributed by atoms with E-state index in [4.69, 9.17) is 4.74 Å². The summed E-state index contributed by atoms with van der Waals surface area (Å²) in [6.45, 7) is 4.01. The number of rotatable bonds is 5. The molecule has 0 spiro atoms. The maximum Gasteiger partial charge on any atom is 0.224 e. The molecule has 1 saturated heterocycles. The molecule has 110 valence electrons. The molecule has 2 unspecified atom stereocenters. The predicted octanol–water partition coefficient (Wildman–Crippen LogP) is 1.74. The second-order valence-corrected chi connectivity index (χ2v) is 5.51. The van der Waals surface area contributed by atoms with Crippen LogP contribution >= 0.6 is 0 Å². The largest absolute Gasteiger partial charge is 0.497 e. The third-order valence-corrected chi connectivity index (χ3v) is 3.95. The fraction of sp³-hybridized carbons (Fsp3) is 0.562. The monoisotopic (exact) mass is 276 g/mol. The van der Waals surface area contributed by atoms with E-state index >= 15 is 0 Å². The Labute approximate surface area is 120 Å². The summed E-state index contributed by atoms with van der Waals surface area (Å²) in [6.07, 6.45) is 2.87. The van der Waals surface area contributed by atoms with Crippen LogP contribution in [0, 0.1) is 5.92 Å². The van der Waals surface area contributed by atoms with Crippen molar-refractivity contribution in [2.75, 3.05) is 20.2 Å². The summed E-state index contributed by atoms with van der Waals surface area (Å²) in [7, 11) is 1.63. The topological polar surface area (TPSA) is 50.4 Å². The van der Waals surface area contributed by atoms with Gasteiger partial charge in [-0.15, -0.1) is 0 Å². The van der Waals surface area contributed by atoms with Crippen molar-refractivity contribution in [1.82, 2.24) is 10.6 Å². The van der Waals surface area contributed by atoms with Gasteiger partial charge >= 0.3 is 0 Å². The van der Waals surface area contributed by atoms with Gasteiger partial charge in [-0.05, 0) is 43.0 Å². The second-order valence-electron chi connectivity index (χ2n) is 5.51. The molecule has 1 fully saturated rings. The maximum atomic E-state index is 12.0. The lowest BCUT2D eigenvalue weighted by Crippen LogP contribution is -2.48. The van der Waals surface area contributed by atoms with Crippen molar-refractivity contribution in [2.24, 2.45) is 5.92 Å². The quantitative estimate of drug-likeness (QED) is 0.861. The summed E-state index contributed by atoms with van der Waals surface area (Å²) in [5.41, 5.74) is 0.978. The first-order valence-corrected chi connectivity index (χ1v) is 7.32. The third-order valence-electron chi connectivity index (χ3n) is 3.95. The van der Waals surface area contributed by atoms with E-state index in [0.29, 0.717) is 24.9 Å². The lowest BCUT2D eigenvalue weighted by molar-refractivity contribution is -0.120. The van der Waals surface area contributed by atoms with Gasteiger partial charge in [0.1, 0.15) is 5.75 Å². The van der Waals surface area contributed by atoms with Crippen LogP contribution < -0.4 is 15.4 Å². The van der Waals surface area contributed by atoms with Crippen LogP contribution in [-0.2, 0) is 11.2 Å². The van der Waals surface area contributed by atoms with Gasteiger partial charge in [-0.2, -0.15) is 0 Å². The standard InChI is InChI=1S/C16H24N2O2/c1-12-5-4-8-17-15(12)11-18-16(19)10-13-6-3-7-14(9-13)20-2/h3,6-7,9,12,15,17H,4-5,8,10-11H2,1-2H3,(H,18,19). The Morgan fingerprint density at radius 3 is 3.10 bits per heavy atom. The van der Waals surface area contributed by atoms with E-state index in [-0.39, 0.29) is 5.91 Å². The molecule has 20 heavy (non-hydrogen) atoms. The van der Waals surface area contributed by atoms with E-state index in [1.807, 2.05) is 24.3 Å². The number of ether oxygens (including phenoxy) is 1. The van der Waals surface area contributed by atoms with Gasteiger partial charge in [0.05, 0.1) is 13.5 Å². The summed E-state index contributed by atoms with van der Waals surface area (Å²) in [5.74, 6) is 1.48. The first-order chi connectivity index (χ1) is 9.69. The van der Waals surface area contributed by atoms with Crippen LogP contribution in [0.2, 0.25) is 0 Å². The number of carbonyl (C=O) groups is 1. The van der Waals surface area contributed by atoms with Crippen molar-refractivity contribution in [1.29, 1.82) is 0 Å². The molecule has 1 aliphatic rings. The summed E-state index contributed by atoms with van der Waals surface area (Å²) in [5, 5.41) is 6.50. The van der Waals surface area contributed by atoms with E-state index < -0.39 is 0 Å². The molecule has 2 atom stereocenters. The van der Waals surface area contributed by atoms with Gasteiger partial charge in [0.25, 0.3) is 0 Å². The van der Waals surface area contributed by atoms with Crippen LogP contribution in [0.15, 0.2) is 24.3 Å². The average molecular weight is 276 g/mol. The molecule has 0 saturated carbocycles. The van der Waals surface area contributed by atoms with Crippen LogP contribution in [0.5, 0.6) is 5.75 Å². The zero-order chi connectivity index (χ0) is 14.4. The van der Waals surface area contributed by atoms with Gasteiger partial charge in [-0.3, -0.25) is 4.79 Å². The molecular weight excluding hydrogens is 252 g/mol. The minimum absolute atomic E-state index is 0.0674. The highest BCUT2D eigenvalue weighted by atomic mass is 16.5. The molecule has 1 amide bonds. The number of hydrogen-bond donors (Lipinski definition) is 2. The Morgan fingerprint density at radius 2 is 2.35 bits per heavy atom. The Bertz CT molecular complexity index is 448. The fourth-order valence-electron chi connectivity index (χ4n) is 2.64. The van der Waals surface area contributed by atoms with E-state index in [1.54, 1.807) is 7.11 Å². The average Bonchev–Trinajstić information content (AvgIpc) is 2.46. The summed E-state index contributed by atoms with van der Waals surface area (Å²) in [6, 6.07) is 8.05. The van der Waals surface area contributed by atoms with Gasteiger partial charge < -0.3 is 15.4 Å². The van der Waals surface area contributed by atoms with Crippen molar-refractivity contribution in [3.05, 3.63) is 29.8 Å². The summed E-state index contributed by atoms with van der Waals surface area (Å²) >= 11 is 0. The Morgan fingerprint density at radius 1 is 1.50 bits per heavy atom. The molecular formula is C16H24N2O2. The van der Waals surface area contributed by atoms with Crippen LogP contribution in [0.3, 0.4) is 0 Å². The molecule has 2 rings (SSSR count). The zero-order valence-corrected chi connectivity index (χ0v) is 12.3. The van der Waals surface area contributed by atoms with Crippen LogP contribution in [0.1, 0.15) is 25.3 Å². The molecule has 0 aliphatic carbocycles. The van der Waals surface area contributed by atoms with E-state index in [1.165, 1.54) is 12.8 Å². The molecule has 0 radical (unpaired) electrons. The zero-order valence-electron chi connectivity index (χ0n) is 12.3. The van der Waals surface area contributed by atoms with Crippen molar-refractivity contribution >= 4 is 5.91 Å². The predicted molar refractivity (Wildman–Crippen MR) is 79.9 cm³/mol. The Hall–Kier alpha value is -1.55. The van der Waals surface area contributed by atoms with Crippen molar-refractivity contribution in [3.8, 4) is 5.75 Å². The molecule has 0 bridgehead atoms. The van der Waals surface area contributed by atoms with E-state index in [2.05, 4.69) is 17.6 Å². The van der Waals surface area contributed by atoms with Crippen LogP contribution in [0.4, 0.5) is 0 Å². The van der Waals surface area contributed by atoms with Crippen LogP contribution in [0.25, 0.3) is 0 Å². The van der Waals surface area contributed by atoms with Crippen molar-refractivity contribution in [3.63, 3.8) is 0 Å². The molecule has 0 aromatic heterocycles. The number of nitrogens with one attached hydrogen (secondary N) is 2. The number of methoxy groups -OCH3 is 1. The summed E-state index contributed by atoms with van der Waals surface area (Å²) in [4.78, 5) is 12.0. The van der Waals surface area contributed by atoms with Gasteiger partial charge in [-0.1, -0.05) is 19.1 Å². The molecule has 1 aromatic carbocycles. The Kier molecular flexibility index (Phi) is 5.41. The van der Waals surface area contributed by atoms with Gasteiger partial charge in [-0.25, -0.2) is 0 Å². The molecule has 2 N–H and O–H groups in total. The fourth-order valence-corrected chi connectivity index (χ4v) is 2.64. The number of amides is 1. The number of carbonyl (C=O) groups excluding carboxylic acids is 1. The lowest BCUT2D eigenvalue weighted by Gasteiger charge is -2.30. The van der Waals surface area contributed by atoms with Crippen molar-refractivity contribution < 1.29 is 9.53 Å². The summed E-state index contributed by atoms with van der Waals surface area (Å²) < 4.78 is 5.16. The smallest absolute Gasteiger partial charge is 0.224 e. The van der Waals surface area contributed by atoms with E-state index in [0.717, 1.165) is 17.9 Å². The van der Waals surface area contributed by atoms with Crippen molar-refractivity contribution in [2.45, 2.75) is 32.2 Å². The maximum absolute atomic E-state index is 12.0. The highest BCUT2D eigenvalue weighted by Crippen LogP contribution is 2.15. The minimum Gasteiger partial charge on any atom is -0.497 e. The highest BCUT2D eigenvalue weighted by Gasteiger charge is 2.20. The lowest BCUT2D eigenvalue weighted by atomic mass is 9.93. The van der Waals surface area contributed by atoms with Gasteiger partial charge in [0.2, 0.25) is 5.91 Å². The Balaban J connectivity index is 1.79. The molecule has 1 aliphatic heterocycles. The first-order valence-electron chi connectivity index (χ1n) is 7.32. The van der Waals surface area contributed by atoms with Crippen LogP contribution in [-0.4, -0.2) is 32.1 Å². The van der Waals surface area contributed by atoms with Gasteiger partial charge in [0.15, 0.2) is 0 Å². The molecule has 1 heterocycles. The number of benzene rings is 1.